The van der Waals surface area contributed by atoms with Crippen molar-refractivity contribution in [2.75, 3.05) is 39.2 Å². The molecule has 24 heavy (non-hydrogen) atoms. The number of carbonyl (C=O) groups is 1. The maximum absolute atomic E-state index is 12.7. The molecule has 0 spiro atoms. The Labute approximate surface area is 138 Å². The molecule has 1 rings (SSSR count). The van der Waals surface area contributed by atoms with E-state index in [1.807, 2.05) is 19.0 Å². The van der Waals surface area contributed by atoms with E-state index in [-0.39, 0.29) is 18.1 Å². The van der Waals surface area contributed by atoms with Crippen molar-refractivity contribution < 1.29 is 22.7 Å². The molecule has 0 saturated heterocycles. The highest BCUT2D eigenvalue weighted by Gasteiger charge is 2.30. The van der Waals surface area contributed by atoms with Gasteiger partial charge < -0.3 is 9.64 Å². The molecule has 0 heterocycles. The number of likely N-dealkylation sites (N-methyl/N-ethyl adjacent to an activating group) is 1. The molecule has 2 N–H and O–H groups in total. The molecule has 0 fully saturated rings. The summed E-state index contributed by atoms with van der Waals surface area (Å²) in [7, 11) is 3.71. The average Bonchev–Trinajstić information content (AvgIpc) is 2.50. The molecular formula is C15H21F3N4O2. The summed E-state index contributed by atoms with van der Waals surface area (Å²) in [6.45, 7) is 2.75. The van der Waals surface area contributed by atoms with E-state index in [4.69, 9.17) is 4.74 Å². The number of nitrogens with one attached hydrogen (secondary N) is 2. The van der Waals surface area contributed by atoms with Crippen LogP contribution in [0.1, 0.15) is 12.5 Å². The fourth-order valence-electron chi connectivity index (χ4n) is 1.62. The summed E-state index contributed by atoms with van der Waals surface area (Å²) in [5.74, 6) is -0.785. The van der Waals surface area contributed by atoms with Crippen LogP contribution in [0.4, 0.5) is 18.9 Å². The van der Waals surface area contributed by atoms with E-state index in [0.29, 0.717) is 13.1 Å². The van der Waals surface area contributed by atoms with Crippen LogP contribution >= 0.6 is 0 Å². The van der Waals surface area contributed by atoms with Crippen LogP contribution in [0.2, 0.25) is 0 Å². The Morgan fingerprint density at radius 2 is 2.04 bits per heavy atom. The Balaban J connectivity index is 2.78. The Hall–Kier alpha value is -2.29. The first-order valence-electron chi connectivity index (χ1n) is 7.29. The lowest BCUT2D eigenvalue weighted by Crippen LogP contribution is -2.37. The lowest BCUT2D eigenvalue weighted by molar-refractivity contribution is -0.137. The van der Waals surface area contributed by atoms with Crippen molar-refractivity contribution in [1.82, 2.24) is 10.3 Å². The van der Waals surface area contributed by atoms with Gasteiger partial charge in [0.05, 0.1) is 24.4 Å². The molecule has 0 aliphatic carbocycles. The number of rotatable bonds is 6. The van der Waals surface area contributed by atoms with Crippen LogP contribution in [0.25, 0.3) is 0 Å². The quantitative estimate of drug-likeness (QED) is 0.358. The van der Waals surface area contributed by atoms with Gasteiger partial charge in [0.25, 0.3) is 0 Å². The first-order valence-corrected chi connectivity index (χ1v) is 7.29. The third-order valence-corrected chi connectivity index (χ3v) is 2.80. The van der Waals surface area contributed by atoms with Crippen molar-refractivity contribution in [3.63, 3.8) is 0 Å². The number of carbonyl (C=O) groups excluding carboxylic acids is 1. The minimum atomic E-state index is -4.44. The SMILES string of the molecule is CCOC(=O)C(=NCCN(C)C)NNc1cccc(C(F)(F)F)c1. The number of ether oxygens (including phenoxy) is 1. The Kier molecular flexibility index (Phi) is 7.50. The van der Waals surface area contributed by atoms with Gasteiger partial charge in [-0.3, -0.25) is 15.8 Å². The number of hydrazine groups is 1. The molecule has 1 aromatic rings. The highest BCUT2D eigenvalue weighted by molar-refractivity contribution is 6.35. The maximum atomic E-state index is 12.7. The van der Waals surface area contributed by atoms with Crippen LogP contribution in [-0.2, 0) is 15.7 Å². The van der Waals surface area contributed by atoms with Gasteiger partial charge in [-0.1, -0.05) is 6.07 Å². The highest BCUT2D eigenvalue weighted by atomic mass is 19.4. The van der Waals surface area contributed by atoms with Crippen LogP contribution in [0.5, 0.6) is 0 Å². The van der Waals surface area contributed by atoms with Crippen molar-refractivity contribution in [1.29, 1.82) is 0 Å². The van der Waals surface area contributed by atoms with E-state index >= 15 is 0 Å². The first kappa shape index (κ1) is 19.8. The van der Waals surface area contributed by atoms with Gasteiger partial charge in [-0.25, -0.2) is 4.79 Å². The third kappa shape index (κ3) is 6.86. The van der Waals surface area contributed by atoms with E-state index < -0.39 is 17.7 Å². The predicted molar refractivity (Wildman–Crippen MR) is 85.7 cm³/mol. The van der Waals surface area contributed by atoms with Gasteiger partial charge in [-0.15, -0.1) is 0 Å². The average molecular weight is 346 g/mol. The molecule has 9 heteroatoms. The fourth-order valence-corrected chi connectivity index (χ4v) is 1.62. The molecule has 0 aliphatic heterocycles. The largest absolute Gasteiger partial charge is 0.460 e. The third-order valence-electron chi connectivity index (χ3n) is 2.80. The number of anilines is 1. The molecule has 0 bridgehead atoms. The molecule has 0 saturated carbocycles. The standard InChI is InChI=1S/C15H21F3N4O2/c1-4-24-14(23)13(19-8-9-22(2)3)21-20-12-7-5-6-11(10-12)15(16,17)18/h5-7,10,20H,4,8-9H2,1-3H3,(H,19,21). The number of benzene rings is 1. The second-order valence-electron chi connectivity index (χ2n) is 5.08. The lowest BCUT2D eigenvalue weighted by atomic mass is 10.2. The van der Waals surface area contributed by atoms with Gasteiger partial charge >= 0.3 is 12.1 Å². The van der Waals surface area contributed by atoms with E-state index in [9.17, 15) is 18.0 Å². The molecule has 0 unspecified atom stereocenters. The van der Waals surface area contributed by atoms with Gasteiger partial charge in [-0.2, -0.15) is 13.2 Å². The molecule has 0 radical (unpaired) electrons. The number of hydrogen-bond acceptors (Lipinski definition) is 5. The number of nitrogens with zero attached hydrogens (tertiary/aromatic N) is 2. The van der Waals surface area contributed by atoms with E-state index in [1.54, 1.807) is 6.92 Å². The minimum Gasteiger partial charge on any atom is -0.460 e. The van der Waals surface area contributed by atoms with Gasteiger partial charge in [0.2, 0.25) is 5.84 Å². The molecule has 1 aromatic carbocycles. The number of alkyl halides is 3. The maximum Gasteiger partial charge on any atom is 0.416 e. The molecule has 0 aliphatic rings. The van der Waals surface area contributed by atoms with Gasteiger partial charge in [0.15, 0.2) is 0 Å². The van der Waals surface area contributed by atoms with Crippen LogP contribution in [0.3, 0.4) is 0 Å². The van der Waals surface area contributed by atoms with Crippen LogP contribution < -0.4 is 10.9 Å². The zero-order chi connectivity index (χ0) is 18.2. The number of hydrogen-bond donors (Lipinski definition) is 2. The number of aliphatic imine (C=N–C) groups is 1. The highest BCUT2D eigenvalue weighted by Crippen LogP contribution is 2.30. The Morgan fingerprint density at radius 3 is 2.62 bits per heavy atom. The van der Waals surface area contributed by atoms with Gasteiger partial charge in [-0.05, 0) is 39.2 Å². The summed E-state index contributed by atoms with van der Waals surface area (Å²) < 4.78 is 42.9. The van der Waals surface area contributed by atoms with Crippen LogP contribution in [-0.4, -0.2) is 50.5 Å². The number of amidine groups is 1. The normalized spacial score (nSPS) is 12.2. The van der Waals surface area contributed by atoms with Crippen molar-refractivity contribution in [3.8, 4) is 0 Å². The number of esters is 1. The van der Waals surface area contributed by atoms with Crippen molar-refractivity contribution in [3.05, 3.63) is 29.8 Å². The van der Waals surface area contributed by atoms with Gasteiger partial charge in [0, 0.05) is 6.54 Å². The van der Waals surface area contributed by atoms with Gasteiger partial charge in [0.1, 0.15) is 0 Å². The van der Waals surface area contributed by atoms with E-state index in [2.05, 4.69) is 15.8 Å². The molecule has 0 atom stereocenters. The summed E-state index contributed by atoms with van der Waals surface area (Å²) in [6, 6.07) is 4.59. The van der Waals surface area contributed by atoms with Crippen molar-refractivity contribution in [2.24, 2.45) is 4.99 Å². The second-order valence-corrected chi connectivity index (χ2v) is 5.08. The Morgan fingerprint density at radius 1 is 1.33 bits per heavy atom. The minimum absolute atomic E-state index is 0.101. The van der Waals surface area contributed by atoms with E-state index in [1.165, 1.54) is 12.1 Å². The summed E-state index contributed by atoms with van der Waals surface area (Å²) in [6.07, 6.45) is -4.44. The van der Waals surface area contributed by atoms with Crippen LogP contribution in [0, 0.1) is 0 Å². The molecule has 6 nitrogen and oxygen atoms in total. The zero-order valence-corrected chi connectivity index (χ0v) is 13.8. The monoisotopic (exact) mass is 346 g/mol. The Bertz CT molecular complexity index is 574. The van der Waals surface area contributed by atoms with Crippen molar-refractivity contribution >= 4 is 17.5 Å². The molecular weight excluding hydrogens is 325 g/mol. The first-order chi connectivity index (χ1) is 11.2. The summed E-state index contributed by atoms with van der Waals surface area (Å²) in [4.78, 5) is 17.8. The van der Waals surface area contributed by atoms with E-state index in [0.717, 1.165) is 12.1 Å². The summed E-state index contributed by atoms with van der Waals surface area (Å²) >= 11 is 0. The topological polar surface area (TPSA) is 66.0 Å². The predicted octanol–water partition coefficient (Wildman–Crippen LogP) is 2.15. The molecule has 0 amide bonds. The zero-order valence-electron chi connectivity index (χ0n) is 13.8. The van der Waals surface area contributed by atoms with Crippen LogP contribution in [0.15, 0.2) is 29.3 Å². The smallest absolute Gasteiger partial charge is 0.416 e. The fraction of sp³-hybridized carbons (Fsp3) is 0.467. The number of halogens is 3. The summed E-state index contributed by atoms with van der Waals surface area (Å²) in [5.41, 5.74) is 4.40. The van der Waals surface area contributed by atoms with Crippen molar-refractivity contribution in [2.45, 2.75) is 13.1 Å². The lowest BCUT2D eigenvalue weighted by Gasteiger charge is -2.14. The summed E-state index contributed by atoms with van der Waals surface area (Å²) in [5, 5.41) is 0. The second kappa shape index (κ2) is 9.11. The molecule has 0 aromatic heterocycles. The molecule has 134 valence electrons.